The zero-order chi connectivity index (χ0) is 10.4. The minimum absolute atomic E-state index is 0.0882. The van der Waals surface area contributed by atoms with Crippen LogP contribution in [0.1, 0.15) is 12.8 Å². The highest BCUT2D eigenvalue weighted by molar-refractivity contribution is 7.89. The number of sulfonamides is 1. The zero-order valence-corrected chi connectivity index (χ0v) is 8.55. The van der Waals surface area contributed by atoms with Crippen molar-refractivity contribution in [2.45, 2.75) is 17.9 Å². The van der Waals surface area contributed by atoms with Crippen LogP contribution in [0.3, 0.4) is 0 Å². The minimum atomic E-state index is -3.41. The second-order valence-electron chi connectivity index (χ2n) is 2.81. The van der Waals surface area contributed by atoms with Gasteiger partial charge in [0.2, 0.25) is 0 Å². The van der Waals surface area contributed by atoms with Crippen molar-refractivity contribution >= 4 is 10.0 Å². The third kappa shape index (κ3) is 3.09. The van der Waals surface area contributed by atoms with E-state index in [9.17, 15) is 8.42 Å². The molecule has 7 heteroatoms. The van der Waals surface area contributed by atoms with Gasteiger partial charge in [0.05, 0.1) is 12.5 Å². The van der Waals surface area contributed by atoms with E-state index in [1.807, 2.05) is 0 Å². The van der Waals surface area contributed by atoms with Crippen molar-refractivity contribution in [1.29, 1.82) is 0 Å². The maximum Gasteiger partial charge on any atom is 0.257 e. The predicted molar refractivity (Wildman–Crippen MR) is 52.1 cm³/mol. The minimum Gasteiger partial charge on any atom is -0.335 e. The molecule has 0 bridgehead atoms. The van der Waals surface area contributed by atoms with Gasteiger partial charge in [-0.15, -0.1) is 0 Å². The summed E-state index contributed by atoms with van der Waals surface area (Å²) in [6, 6.07) is 0. The van der Waals surface area contributed by atoms with Gasteiger partial charge >= 0.3 is 0 Å². The van der Waals surface area contributed by atoms with E-state index in [2.05, 4.69) is 14.7 Å². The van der Waals surface area contributed by atoms with Gasteiger partial charge < -0.3 is 10.7 Å². The van der Waals surface area contributed by atoms with Crippen LogP contribution in [0, 0.1) is 0 Å². The molecule has 14 heavy (non-hydrogen) atoms. The third-order valence-electron chi connectivity index (χ3n) is 1.69. The van der Waals surface area contributed by atoms with Crippen LogP contribution in [0.4, 0.5) is 0 Å². The predicted octanol–water partition coefficient (Wildman–Crippen LogP) is -0.573. The summed E-state index contributed by atoms with van der Waals surface area (Å²) in [5.74, 6) is 0. The first-order chi connectivity index (χ1) is 6.67. The molecule has 0 radical (unpaired) electrons. The summed E-state index contributed by atoms with van der Waals surface area (Å²) in [6.07, 6.45) is 4.15. The van der Waals surface area contributed by atoms with E-state index in [1.165, 1.54) is 12.5 Å². The van der Waals surface area contributed by atoms with E-state index >= 15 is 0 Å². The fourth-order valence-corrected chi connectivity index (χ4v) is 1.92. The van der Waals surface area contributed by atoms with E-state index in [0.29, 0.717) is 13.1 Å². The van der Waals surface area contributed by atoms with Crippen molar-refractivity contribution in [1.82, 2.24) is 14.7 Å². The average molecular weight is 218 g/mol. The summed E-state index contributed by atoms with van der Waals surface area (Å²) in [5.41, 5.74) is 5.28. The first-order valence-corrected chi connectivity index (χ1v) is 5.83. The first kappa shape index (κ1) is 11.2. The summed E-state index contributed by atoms with van der Waals surface area (Å²) >= 11 is 0. The number of aromatic amines is 1. The van der Waals surface area contributed by atoms with Crippen LogP contribution >= 0.6 is 0 Å². The lowest BCUT2D eigenvalue weighted by atomic mass is 10.3. The second kappa shape index (κ2) is 5.08. The molecule has 0 aliphatic carbocycles. The Balaban J connectivity index is 2.44. The Labute approximate surface area is 83.0 Å². The average Bonchev–Trinajstić information content (AvgIpc) is 2.65. The molecular formula is C7H14N4O2S. The topological polar surface area (TPSA) is 101 Å². The summed E-state index contributed by atoms with van der Waals surface area (Å²) < 4.78 is 25.3. The molecule has 1 heterocycles. The molecule has 0 unspecified atom stereocenters. The Morgan fingerprint density at radius 1 is 1.50 bits per heavy atom. The van der Waals surface area contributed by atoms with Crippen molar-refractivity contribution in [3.63, 3.8) is 0 Å². The Morgan fingerprint density at radius 3 is 2.86 bits per heavy atom. The Morgan fingerprint density at radius 2 is 2.29 bits per heavy atom. The molecule has 0 aliphatic rings. The fourth-order valence-electron chi connectivity index (χ4n) is 0.944. The maximum absolute atomic E-state index is 11.4. The smallest absolute Gasteiger partial charge is 0.257 e. The van der Waals surface area contributed by atoms with Gasteiger partial charge in [-0.25, -0.2) is 18.1 Å². The number of nitrogens with one attached hydrogen (secondary N) is 2. The molecule has 0 saturated heterocycles. The van der Waals surface area contributed by atoms with Crippen molar-refractivity contribution in [3.8, 4) is 0 Å². The van der Waals surface area contributed by atoms with Crippen LogP contribution in [-0.4, -0.2) is 31.5 Å². The fraction of sp³-hybridized carbons (Fsp3) is 0.571. The van der Waals surface area contributed by atoms with Gasteiger partial charge in [-0.2, -0.15) is 0 Å². The van der Waals surface area contributed by atoms with Gasteiger partial charge in [0.25, 0.3) is 10.0 Å². The molecule has 0 atom stereocenters. The Kier molecular flexibility index (Phi) is 4.05. The second-order valence-corrected chi connectivity index (χ2v) is 4.54. The highest BCUT2D eigenvalue weighted by Crippen LogP contribution is 2.01. The van der Waals surface area contributed by atoms with Gasteiger partial charge in [0.1, 0.15) is 0 Å². The molecule has 4 N–H and O–H groups in total. The van der Waals surface area contributed by atoms with E-state index in [0.717, 1.165) is 12.8 Å². The highest BCUT2D eigenvalue weighted by Gasteiger charge is 2.13. The molecule has 1 rings (SSSR count). The van der Waals surface area contributed by atoms with E-state index in [-0.39, 0.29) is 5.03 Å². The normalized spacial score (nSPS) is 11.8. The number of rotatable bonds is 6. The first-order valence-electron chi connectivity index (χ1n) is 4.35. The monoisotopic (exact) mass is 218 g/mol. The van der Waals surface area contributed by atoms with Gasteiger partial charge in [-0.3, -0.25) is 0 Å². The molecule has 0 aromatic carbocycles. The van der Waals surface area contributed by atoms with Crippen molar-refractivity contribution in [2.75, 3.05) is 13.1 Å². The molecule has 0 amide bonds. The Bertz CT molecular complexity index is 346. The number of hydrogen-bond acceptors (Lipinski definition) is 4. The molecule has 6 nitrogen and oxygen atoms in total. The molecular weight excluding hydrogens is 204 g/mol. The lowest BCUT2D eigenvalue weighted by molar-refractivity contribution is 0.574. The van der Waals surface area contributed by atoms with Crippen LogP contribution in [0.15, 0.2) is 17.6 Å². The summed E-state index contributed by atoms with van der Waals surface area (Å²) in [5, 5.41) is 0.0882. The van der Waals surface area contributed by atoms with Crippen LogP contribution in [-0.2, 0) is 10.0 Å². The van der Waals surface area contributed by atoms with Crippen LogP contribution < -0.4 is 10.5 Å². The summed E-state index contributed by atoms with van der Waals surface area (Å²) in [4.78, 5) is 6.17. The number of hydrogen-bond donors (Lipinski definition) is 3. The summed E-state index contributed by atoms with van der Waals surface area (Å²) in [7, 11) is -3.41. The van der Waals surface area contributed by atoms with Gasteiger partial charge in [-0.1, -0.05) is 0 Å². The van der Waals surface area contributed by atoms with Crippen LogP contribution in [0.2, 0.25) is 0 Å². The Hall–Kier alpha value is -0.920. The SMILES string of the molecule is NCCCCNS(=O)(=O)c1cnc[nH]1. The van der Waals surface area contributed by atoms with Crippen LogP contribution in [0.25, 0.3) is 0 Å². The lowest BCUT2D eigenvalue weighted by Gasteiger charge is -2.03. The molecule has 0 aliphatic heterocycles. The number of unbranched alkanes of at least 4 members (excludes halogenated alkanes) is 1. The highest BCUT2D eigenvalue weighted by atomic mass is 32.2. The molecule has 80 valence electrons. The number of aromatic nitrogens is 2. The number of imidazole rings is 1. The van der Waals surface area contributed by atoms with E-state index in [4.69, 9.17) is 5.73 Å². The van der Waals surface area contributed by atoms with Crippen molar-refractivity contribution < 1.29 is 8.42 Å². The zero-order valence-electron chi connectivity index (χ0n) is 7.73. The van der Waals surface area contributed by atoms with E-state index < -0.39 is 10.0 Å². The lowest BCUT2D eigenvalue weighted by Crippen LogP contribution is -2.25. The third-order valence-corrected chi connectivity index (χ3v) is 3.07. The van der Waals surface area contributed by atoms with Gasteiger partial charge in [0.15, 0.2) is 5.03 Å². The number of nitrogens with two attached hydrogens (primary N) is 1. The standard InChI is InChI=1S/C7H14N4O2S/c8-3-1-2-4-11-14(12,13)7-5-9-6-10-7/h5-6,11H,1-4,8H2,(H,9,10). The van der Waals surface area contributed by atoms with Gasteiger partial charge in [-0.05, 0) is 19.4 Å². The molecule has 1 aromatic heterocycles. The number of nitrogens with zero attached hydrogens (tertiary/aromatic N) is 1. The van der Waals surface area contributed by atoms with E-state index in [1.54, 1.807) is 0 Å². The molecule has 1 aromatic rings. The van der Waals surface area contributed by atoms with Crippen molar-refractivity contribution in [3.05, 3.63) is 12.5 Å². The van der Waals surface area contributed by atoms with Crippen LogP contribution in [0.5, 0.6) is 0 Å². The molecule has 0 spiro atoms. The van der Waals surface area contributed by atoms with Crippen molar-refractivity contribution in [2.24, 2.45) is 5.73 Å². The largest absolute Gasteiger partial charge is 0.335 e. The van der Waals surface area contributed by atoms with Gasteiger partial charge in [0, 0.05) is 6.54 Å². The summed E-state index contributed by atoms with van der Waals surface area (Å²) in [6.45, 7) is 0.977. The maximum atomic E-state index is 11.4. The number of H-pyrrole nitrogens is 1. The molecule has 0 fully saturated rings. The quantitative estimate of drug-likeness (QED) is 0.556. The molecule has 0 saturated carbocycles.